The summed E-state index contributed by atoms with van der Waals surface area (Å²) in [6.07, 6.45) is 0. The van der Waals surface area contributed by atoms with Gasteiger partial charge >= 0.3 is 12.0 Å². The Kier molecular flexibility index (Phi) is 5.50. The molecule has 6 heteroatoms. The molecule has 0 spiro atoms. The summed E-state index contributed by atoms with van der Waals surface area (Å²) in [5.41, 5.74) is 0.637. The number of carbonyl (C=O) groups is 2. The fourth-order valence-electron chi connectivity index (χ4n) is 1.17. The highest BCUT2D eigenvalue weighted by Gasteiger charge is 2.03. The van der Waals surface area contributed by atoms with Crippen LogP contribution in [-0.4, -0.2) is 32.3 Å². The third-order valence-electron chi connectivity index (χ3n) is 2.00. The minimum atomic E-state index is -0.412. The maximum Gasteiger partial charge on any atom is 0.344 e. The second-order valence-electron chi connectivity index (χ2n) is 3.32. The minimum Gasteiger partial charge on any atom is -0.482 e. The van der Waals surface area contributed by atoms with Crippen LogP contribution in [-0.2, 0) is 9.53 Å². The number of hydrogen-bond donors (Lipinski definition) is 2. The maximum absolute atomic E-state index is 11.1. The number of carbonyl (C=O) groups excluding carboxylic acids is 2. The summed E-state index contributed by atoms with van der Waals surface area (Å²) in [4.78, 5) is 22.1. The van der Waals surface area contributed by atoms with E-state index in [1.54, 1.807) is 31.2 Å². The van der Waals surface area contributed by atoms with Gasteiger partial charge in [0, 0.05) is 12.7 Å². The van der Waals surface area contributed by atoms with E-state index in [1.807, 2.05) is 0 Å². The summed E-state index contributed by atoms with van der Waals surface area (Å²) < 4.78 is 9.93. The molecule has 0 aliphatic rings. The normalized spacial score (nSPS) is 9.44. The van der Waals surface area contributed by atoms with Gasteiger partial charge in [0.25, 0.3) is 0 Å². The van der Waals surface area contributed by atoms with Crippen molar-refractivity contribution in [3.63, 3.8) is 0 Å². The topological polar surface area (TPSA) is 76.7 Å². The van der Waals surface area contributed by atoms with Crippen LogP contribution in [0.4, 0.5) is 10.5 Å². The van der Waals surface area contributed by atoms with Gasteiger partial charge in [-0.1, -0.05) is 0 Å². The van der Waals surface area contributed by atoms with Crippen LogP contribution in [0.3, 0.4) is 0 Å². The van der Waals surface area contributed by atoms with E-state index in [4.69, 9.17) is 9.47 Å². The Morgan fingerprint density at radius 1 is 1.22 bits per heavy atom. The number of urea groups is 1. The second kappa shape index (κ2) is 7.16. The molecule has 0 aliphatic carbocycles. The van der Waals surface area contributed by atoms with Crippen molar-refractivity contribution in [3.05, 3.63) is 24.3 Å². The average Bonchev–Trinajstić information content (AvgIpc) is 2.38. The van der Waals surface area contributed by atoms with Crippen molar-refractivity contribution >= 4 is 17.7 Å². The summed E-state index contributed by atoms with van der Waals surface area (Å²) in [5.74, 6) is 0.121. The minimum absolute atomic E-state index is 0.129. The molecule has 0 heterocycles. The Hall–Kier alpha value is -2.24. The van der Waals surface area contributed by atoms with Gasteiger partial charge in [0.15, 0.2) is 6.61 Å². The lowest BCUT2D eigenvalue weighted by Crippen LogP contribution is -2.24. The quantitative estimate of drug-likeness (QED) is 0.776. The molecular weight excluding hydrogens is 236 g/mol. The van der Waals surface area contributed by atoms with Crippen LogP contribution in [0.15, 0.2) is 24.3 Å². The summed E-state index contributed by atoms with van der Waals surface area (Å²) in [5, 5.41) is 5.05. The van der Waals surface area contributed by atoms with E-state index in [-0.39, 0.29) is 12.6 Å². The Morgan fingerprint density at radius 2 is 1.89 bits per heavy atom. The lowest BCUT2D eigenvalue weighted by molar-refractivity contribution is -0.145. The van der Waals surface area contributed by atoms with Gasteiger partial charge in [-0.05, 0) is 31.2 Å². The van der Waals surface area contributed by atoms with E-state index in [0.717, 1.165) is 0 Å². The van der Waals surface area contributed by atoms with E-state index in [0.29, 0.717) is 18.0 Å². The van der Waals surface area contributed by atoms with E-state index in [9.17, 15) is 9.59 Å². The van der Waals surface area contributed by atoms with Crippen molar-refractivity contribution in [2.75, 3.05) is 25.6 Å². The average molecular weight is 252 g/mol. The molecule has 0 aliphatic heterocycles. The van der Waals surface area contributed by atoms with Crippen LogP contribution in [0.25, 0.3) is 0 Å². The Bertz CT molecular complexity index is 403. The second-order valence-corrected chi connectivity index (χ2v) is 3.32. The highest BCUT2D eigenvalue weighted by atomic mass is 16.6. The van der Waals surface area contributed by atoms with Crippen molar-refractivity contribution in [2.24, 2.45) is 0 Å². The summed E-state index contributed by atoms with van der Waals surface area (Å²) in [7, 11) is 1.53. The predicted octanol–water partition coefficient (Wildman–Crippen LogP) is 1.38. The Labute approximate surface area is 105 Å². The number of esters is 1. The molecule has 1 rings (SSSR count). The molecule has 0 aromatic heterocycles. The SMILES string of the molecule is CCOC(=O)COc1ccc(NC(=O)NC)cc1. The van der Waals surface area contributed by atoms with Crippen LogP contribution in [0.5, 0.6) is 5.75 Å². The zero-order valence-electron chi connectivity index (χ0n) is 10.4. The van der Waals surface area contributed by atoms with Crippen LogP contribution >= 0.6 is 0 Å². The van der Waals surface area contributed by atoms with Crippen molar-refractivity contribution in [1.29, 1.82) is 0 Å². The first-order valence-corrected chi connectivity index (χ1v) is 5.53. The van der Waals surface area contributed by atoms with E-state index >= 15 is 0 Å². The molecule has 2 N–H and O–H groups in total. The number of ether oxygens (including phenoxy) is 2. The highest BCUT2D eigenvalue weighted by molar-refractivity contribution is 5.88. The molecule has 2 amide bonds. The lowest BCUT2D eigenvalue weighted by Gasteiger charge is -2.07. The van der Waals surface area contributed by atoms with Crippen molar-refractivity contribution in [1.82, 2.24) is 5.32 Å². The van der Waals surface area contributed by atoms with Crippen molar-refractivity contribution < 1.29 is 19.1 Å². The van der Waals surface area contributed by atoms with Gasteiger partial charge in [-0.2, -0.15) is 0 Å². The van der Waals surface area contributed by atoms with E-state index in [1.165, 1.54) is 7.05 Å². The van der Waals surface area contributed by atoms with Gasteiger partial charge in [-0.15, -0.1) is 0 Å². The van der Waals surface area contributed by atoms with Gasteiger partial charge in [0.2, 0.25) is 0 Å². The third-order valence-corrected chi connectivity index (χ3v) is 2.00. The number of amides is 2. The number of benzene rings is 1. The predicted molar refractivity (Wildman–Crippen MR) is 66.6 cm³/mol. The molecule has 0 saturated carbocycles. The van der Waals surface area contributed by atoms with Gasteiger partial charge in [-0.3, -0.25) is 0 Å². The molecule has 0 unspecified atom stereocenters. The highest BCUT2D eigenvalue weighted by Crippen LogP contribution is 2.15. The molecule has 6 nitrogen and oxygen atoms in total. The molecule has 0 atom stereocenters. The molecule has 0 radical (unpaired) electrons. The Morgan fingerprint density at radius 3 is 2.44 bits per heavy atom. The molecule has 0 bridgehead atoms. The first-order chi connectivity index (χ1) is 8.65. The molecule has 1 aromatic rings. The molecule has 0 saturated heterocycles. The zero-order chi connectivity index (χ0) is 13.4. The fraction of sp³-hybridized carbons (Fsp3) is 0.333. The summed E-state index contributed by atoms with van der Waals surface area (Å²) in [6.45, 7) is 1.93. The molecule has 1 aromatic carbocycles. The summed E-state index contributed by atoms with van der Waals surface area (Å²) in [6, 6.07) is 6.37. The summed E-state index contributed by atoms with van der Waals surface area (Å²) >= 11 is 0. The van der Waals surface area contributed by atoms with Crippen molar-refractivity contribution in [2.45, 2.75) is 6.92 Å². The van der Waals surface area contributed by atoms with Gasteiger partial charge in [0.1, 0.15) is 5.75 Å². The van der Waals surface area contributed by atoms with Crippen LogP contribution in [0.1, 0.15) is 6.92 Å². The fourth-order valence-corrected chi connectivity index (χ4v) is 1.17. The largest absolute Gasteiger partial charge is 0.482 e. The number of anilines is 1. The van der Waals surface area contributed by atoms with E-state index < -0.39 is 5.97 Å². The zero-order valence-corrected chi connectivity index (χ0v) is 10.4. The van der Waals surface area contributed by atoms with E-state index in [2.05, 4.69) is 10.6 Å². The number of rotatable bonds is 5. The van der Waals surface area contributed by atoms with Gasteiger partial charge < -0.3 is 20.1 Å². The Balaban J connectivity index is 2.45. The van der Waals surface area contributed by atoms with Crippen molar-refractivity contribution in [3.8, 4) is 5.75 Å². The van der Waals surface area contributed by atoms with Gasteiger partial charge in [-0.25, -0.2) is 9.59 Å². The number of hydrogen-bond acceptors (Lipinski definition) is 4. The molecule has 18 heavy (non-hydrogen) atoms. The molecule has 98 valence electrons. The van der Waals surface area contributed by atoms with Crippen LogP contribution < -0.4 is 15.4 Å². The lowest BCUT2D eigenvalue weighted by atomic mass is 10.3. The standard InChI is InChI=1S/C12H16N2O4/c1-3-17-11(15)8-18-10-6-4-9(5-7-10)14-12(16)13-2/h4-7H,3,8H2,1-2H3,(H2,13,14,16). The molecular formula is C12H16N2O4. The smallest absolute Gasteiger partial charge is 0.344 e. The maximum atomic E-state index is 11.1. The monoisotopic (exact) mass is 252 g/mol. The van der Waals surface area contributed by atoms with Crippen LogP contribution in [0, 0.1) is 0 Å². The van der Waals surface area contributed by atoms with Crippen LogP contribution in [0.2, 0.25) is 0 Å². The first-order valence-electron chi connectivity index (χ1n) is 5.53. The first kappa shape index (κ1) is 13.8. The van der Waals surface area contributed by atoms with Gasteiger partial charge in [0.05, 0.1) is 6.61 Å². The number of nitrogens with one attached hydrogen (secondary N) is 2. The third kappa shape index (κ3) is 4.73. The molecule has 0 fully saturated rings.